The first kappa shape index (κ1) is 36.3. The summed E-state index contributed by atoms with van der Waals surface area (Å²) in [6.07, 6.45) is -1.55. The largest absolute Gasteiger partial charge is 0.465 e. The van der Waals surface area contributed by atoms with Crippen LogP contribution >= 0.6 is 7.75 Å². The summed E-state index contributed by atoms with van der Waals surface area (Å²) in [4.78, 5) is 70.9. The highest BCUT2D eigenvalue weighted by atomic mass is 31.2. The monoisotopic (exact) mass is 695 g/mol. The number of aromatic amines is 2. The molecule has 22 nitrogen and oxygen atoms in total. The average molecular weight is 696 g/mol. The number of aryl methyl sites for hydroxylation is 2. The van der Waals surface area contributed by atoms with E-state index in [-0.39, 0.29) is 30.6 Å². The highest BCUT2D eigenvalue weighted by molar-refractivity contribution is 7.51. The fraction of sp³-hybridized carbons (Fsp3) is 0.640. The van der Waals surface area contributed by atoms with Crippen molar-refractivity contribution in [1.82, 2.24) is 24.2 Å². The molecular weight excluding hydrogens is 661 g/mol. The van der Waals surface area contributed by atoms with Crippen molar-refractivity contribution in [2.45, 2.75) is 83.3 Å². The highest BCUT2D eigenvalue weighted by Crippen LogP contribution is 2.47. The zero-order chi connectivity index (χ0) is 35.2. The van der Waals surface area contributed by atoms with Crippen LogP contribution in [0.1, 0.15) is 50.3 Å². The van der Waals surface area contributed by atoms with Gasteiger partial charge in [-0.3, -0.25) is 42.5 Å². The van der Waals surface area contributed by atoms with Gasteiger partial charge in [0.05, 0.1) is 44.1 Å². The van der Waals surface area contributed by atoms with Gasteiger partial charge >= 0.3 is 25.1 Å². The molecular formula is C25H34N11O11P. The number of rotatable bonds is 14. The van der Waals surface area contributed by atoms with Crippen LogP contribution in [0.25, 0.3) is 20.9 Å². The first-order chi connectivity index (χ1) is 22.8. The van der Waals surface area contributed by atoms with Crippen LogP contribution in [0, 0.1) is 13.8 Å². The lowest BCUT2D eigenvalue weighted by Crippen LogP contribution is -2.37. The standard InChI is InChI=1S/C25H34N11O11P/c1-5-43-23(39)14(4)32-48(42,44-10-17-15(30-33-26)6-19(46-17)35-8-12(2)21(37)28-24(35)40)45-11-18-16(31-34-27)7-20(47-18)36-9-13(3)22(38)29-25(36)41/h8-9,14-20H,5-7,10-11H2,1-4H3,(H,32,42)(H,28,37,40)(H,29,38,41)/t14-,15-,16+,17+,18-,19+,20-,48?/m0/s1. The number of carbonyl (C=O) groups is 1. The van der Waals surface area contributed by atoms with E-state index in [9.17, 15) is 28.5 Å². The predicted molar refractivity (Wildman–Crippen MR) is 164 cm³/mol. The number of H-pyrrole nitrogens is 2. The summed E-state index contributed by atoms with van der Waals surface area (Å²) in [5.41, 5.74) is 16.0. The van der Waals surface area contributed by atoms with Gasteiger partial charge in [0.15, 0.2) is 0 Å². The Labute approximate surface area is 270 Å². The van der Waals surface area contributed by atoms with E-state index in [1.807, 2.05) is 0 Å². The molecule has 48 heavy (non-hydrogen) atoms. The van der Waals surface area contributed by atoms with Gasteiger partial charge in [-0.2, -0.15) is 0 Å². The molecule has 0 bridgehead atoms. The third-order valence-electron chi connectivity index (χ3n) is 7.53. The van der Waals surface area contributed by atoms with Crippen molar-refractivity contribution in [3.63, 3.8) is 0 Å². The molecule has 2 aromatic heterocycles. The first-order valence-corrected chi connectivity index (χ1v) is 16.2. The fourth-order valence-electron chi connectivity index (χ4n) is 5.06. The van der Waals surface area contributed by atoms with Crippen LogP contribution in [0.2, 0.25) is 0 Å². The SMILES string of the molecule is CCOC(=O)[C@H](C)NP(=O)(OC[C@@H]1O[C@H](n2cc(C)c(=O)[nH]c2=O)C[C@H]1N=[N+]=[N-])OC[C@H]1O[C@@H](n2cc(C)c(=O)[nH]c2=O)C[C@@H]1N=[N+]=[N-]. The van der Waals surface area contributed by atoms with Gasteiger partial charge in [0.1, 0.15) is 18.5 Å². The molecule has 260 valence electrons. The lowest BCUT2D eigenvalue weighted by Gasteiger charge is -2.26. The third-order valence-corrected chi connectivity index (χ3v) is 9.21. The number of aromatic nitrogens is 4. The second kappa shape index (κ2) is 15.6. The van der Waals surface area contributed by atoms with Crippen LogP contribution in [0.15, 0.2) is 41.8 Å². The molecule has 3 N–H and O–H groups in total. The Bertz CT molecular complexity index is 1780. The van der Waals surface area contributed by atoms with Crippen molar-refractivity contribution in [2.75, 3.05) is 19.8 Å². The van der Waals surface area contributed by atoms with Crippen molar-refractivity contribution >= 4 is 13.7 Å². The van der Waals surface area contributed by atoms with E-state index in [2.05, 4.69) is 35.1 Å². The lowest BCUT2D eigenvalue weighted by atomic mass is 10.1. The Morgan fingerprint density at radius 1 is 0.958 bits per heavy atom. The molecule has 0 aliphatic carbocycles. The molecule has 4 heterocycles. The number of esters is 1. The van der Waals surface area contributed by atoms with Crippen LogP contribution < -0.4 is 27.6 Å². The Balaban J connectivity index is 1.55. The second-order valence-corrected chi connectivity index (χ2v) is 12.7. The summed E-state index contributed by atoms with van der Waals surface area (Å²) in [6.45, 7) is 4.87. The predicted octanol–water partition coefficient (Wildman–Crippen LogP) is 1.32. The summed E-state index contributed by atoms with van der Waals surface area (Å²) in [5.74, 6) is -0.779. The smallest absolute Gasteiger partial charge is 0.406 e. The van der Waals surface area contributed by atoms with Crippen LogP contribution in [0.5, 0.6) is 0 Å². The van der Waals surface area contributed by atoms with Gasteiger partial charge in [0.2, 0.25) is 0 Å². The van der Waals surface area contributed by atoms with Gasteiger partial charge in [-0.1, -0.05) is 10.2 Å². The number of ether oxygens (including phenoxy) is 3. The normalized spacial score (nSPS) is 25.4. The zero-order valence-electron chi connectivity index (χ0n) is 26.2. The summed E-state index contributed by atoms with van der Waals surface area (Å²) in [5, 5.41) is 9.89. The van der Waals surface area contributed by atoms with Gasteiger partial charge in [-0.25, -0.2) is 19.2 Å². The molecule has 1 unspecified atom stereocenters. The van der Waals surface area contributed by atoms with Crippen LogP contribution in [0.4, 0.5) is 0 Å². The van der Waals surface area contributed by atoms with Crippen molar-refractivity contribution in [3.8, 4) is 0 Å². The first-order valence-electron chi connectivity index (χ1n) is 14.7. The van der Waals surface area contributed by atoms with Crippen molar-refractivity contribution in [2.24, 2.45) is 10.2 Å². The quantitative estimate of drug-likeness (QED) is 0.0829. The van der Waals surface area contributed by atoms with Gasteiger partial charge in [0, 0.05) is 46.2 Å². The number of hydrogen-bond donors (Lipinski definition) is 3. The average Bonchev–Trinajstić information content (AvgIpc) is 3.63. The maximum atomic E-state index is 14.1. The minimum atomic E-state index is -4.49. The second-order valence-electron chi connectivity index (χ2n) is 10.9. The molecule has 8 atom stereocenters. The molecule has 2 aliphatic heterocycles. The van der Waals surface area contributed by atoms with Crippen LogP contribution in [0.3, 0.4) is 0 Å². The van der Waals surface area contributed by atoms with Gasteiger partial charge in [0.25, 0.3) is 11.1 Å². The number of nitrogens with zero attached hydrogens (tertiary/aromatic N) is 8. The van der Waals surface area contributed by atoms with E-state index in [0.717, 1.165) is 9.13 Å². The number of carbonyl (C=O) groups excluding carboxylic acids is 1. The Kier molecular flexibility index (Phi) is 11.8. The number of azide groups is 2. The molecule has 0 spiro atoms. The molecule has 0 radical (unpaired) electrons. The van der Waals surface area contributed by atoms with Gasteiger partial charge in [-0.05, 0) is 38.8 Å². The Morgan fingerprint density at radius 3 is 1.79 bits per heavy atom. The minimum absolute atomic E-state index is 0.00393. The molecule has 2 saturated heterocycles. The van der Waals surface area contributed by atoms with E-state index in [0.29, 0.717) is 0 Å². The molecule has 0 amide bonds. The van der Waals surface area contributed by atoms with Crippen molar-refractivity contribution in [3.05, 3.63) is 86.1 Å². The topological polar surface area (TPSA) is 300 Å². The highest BCUT2D eigenvalue weighted by Gasteiger charge is 2.42. The fourth-order valence-corrected chi connectivity index (χ4v) is 6.55. The van der Waals surface area contributed by atoms with E-state index < -0.39 is 92.2 Å². The Morgan fingerprint density at radius 2 is 1.40 bits per heavy atom. The number of hydrogen-bond acceptors (Lipinski definition) is 13. The molecule has 23 heteroatoms. The van der Waals surface area contributed by atoms with E-state index in [1.54, 1.807) is 6.92 Å². The maximum absolute atomic E-state index is 14.1. The lowest BCUT2D eigenvalue weighted by molar-refractivity contribution is -0.144. The zero-order valence-corrected chi connectivity index (χ0v) is 27.1. The molecule has 2 aliphatic rings. The molecule has 4 rings (SSSR count). The maximum Gasteiger partial charge on any atom is 0.406 e. The van der Waals surface area contributed by atoms with Gasteiger partial charge in [-0.15, -0.1) is 0 Å². The van der Waals surface area contributed by atoms with Crippen LogP contribution in [-0.4, -0.2) is 75.2 Å². The van der Waals surface area contributed by atoms with Crippen LogP contribution in [-0.2, 0) is 32.6 Å². The third kappa shape index (κ3) is 8.49. The number of nitrogens with one attached hydrogen (secondary N) is 3. The van der Waals surface area contributed by atoms with Gasteiger partial charge < -0.3 is 14.2 Å². The molecule has 2 aromatic rings. The summed E-state index contributed by atoms with van der Waals surface area (Å²) >= 11 is 0. The van der Waals surface area contributed by atoms with E-state index >= 15 is 0 Å². The van der Waals surface area contributed by atoms with Crippen molar-refractivity contribution < 1.29 is 32.6 Å². The minimum Gasteiger partial charge on any atom is -0.465 e. The van der Waals surface area contributed by atoms with Crippen molar-refractivity contribution in [1.29, 1.82) is 0 Å². The van der Waals surface area contributed by atoms with E-state index in [4.69, 9.17) is 34.3 Å². The summed E-state index contributed by atoms with van der Waals surface area (Å²) in [7, 11) is -4.49. The Hall–Kier alpha value is -4.52. The molecule has 0 saturated carbocycles. The summed E-state index contributed by atoms with van der Waals surface area (Å²) < 4.78 is 44.5. The molecule has 2 fully saturated rings. The molecule has 0 aromatic carbocycles. The van der Waals surface area contributed by atoms with E-state index in [1.165, 1.54) is 33.2 Å². The summed E-state index contributed by atoms with van der Waals surface area (Å²) in [6, 6.07) is -3.04.